The standard InChI is InChI=1S/C18H18N2O2/c1-18(2,3)22-17(21)20-10-6-9-16(20)14-11-13-7-4-5-8-15(13)19-12-14/h4-12H,1-3H3. The number of fused-ring (bicyclic) bond motifs is 1. The minimum Gasteiger partial charge on any atom is -0.443 e. The minimum absolute atomic E-state index is 0.388. The van der Waals surface area contributed by atoms with Crippen molar-refractivity contribution in [2.75, 3.05) is 0 Å². The van der Waals surface area contributed by atoms with Crippen LogP contribution in [-0.2, 0) is 4.74 Å². The van der Waals surface area contributed by atoms with Crippen LogP contribution in [0.3, 0.4) is 0 Å². The number of nitrogens with zero attached hydrogens (tertiary/aromatic N) is 2. The number of benzene rings is 1. The van der Waals surface area contributed by atoms with Gasteiger partial charge in [0.25, 0.3) is 0 Å². The van der Waals surface area contributed by atoms with Gasteiger partial charge in [-0.3, -0.25) is 9.55 Å². The quantitative estimate of drug-likeness (QED) is 0.664. The molecule has 0 aliphatic rings. The number of hydrogen-bond acceptors (Lipinski definition) is 3. The van der Waals surface area contributed by atoms with E-state index in [1.165, 1.54) is 4.57 Å². The highest BCUT2D eigenvalue weighted by atomic mass is 16.6. The molecule has 22 heavy (non-hydrogen) atoms. The highest BCUT2D eigenvalue weighted by Crippen LogP contribution is 2.24. The van der Waals surface area contributed by atoms with Crippen LogP contribution in [0.15, 0.2) is 54.9 Å². The van der Waals surface area contributed by atoms with Crippen LogP contribution in [0.25, 0.3) is 22.2 Å². The Morgan fingerprint density at radius 1 is 1.14 bits per heavy atom. The maximum absolute atomic E-state index is 12.3. The monoisotopic (exact) mass is 294 g/mol. The van der Waals surface area contributed by atoms with Gasteiger partial charge in [-0.1, -0.05) is 18.2 Å². The number of rotatable bonds is 1. The molecule has 0 unspecified atom stereocenters. The van der Waals surface area contributed by atoms with Crippen LogP contribution in [0.1, 0.15) is 20.8 Å². The largest absolute Gasteiger partial charge is 0.443 e. The Kier molecular flexibility index (Phi) is 3.45. The van der Waals surface area contributed by atoms with Gasteiger partial charge in [0, 0.05) is 23.3 Å². The summed E-state index contributed by atoms with van der Waals surface area (Å²) >= 11 is 0. The highest BCUT2D eigenvalue weighted by Gasteiger charge is 2.19. The van der Waals surface area contributed by atoms with Gasteiger partial charge in [-0.05, 0) is 45.0 Å². The Hall–Kier alpha value is -2.62. The highest BCUT2D eigenvalue weighted by molar-refractivity contribution is 5.85. The molecule has 2 aromatic heterocycles. The summed E-state index contributed by atoms with van der Waals surface area (Å²) in [5, 5.41) is 1.04. The third-order valence-corrected chi connectivity index (χ3v) is 3.23. The molecule has 4 nitrogen and oxygen atoms in total. The molecule has 112 valence electrons. The summed E-state index contributed by atoms with van der Waals surface area (Å²) in [7, 11) is 0. The van der Waals surface area contributed by atoms with E-state index in [4.69, 9.17) is 4.74 Å². The van der Waals surface area contributed by atoms with E-state index < -0.39 is 5.60 Å². The molecule has 0 spiro atoms. The second-order valence-electron chi connectivity index (χ2n) is 6.16. The summed E-state index contributed by atoms with van der Waals surface area (Å²) in [5.74, 6) is 0. The summed E-state index contributed by atoms with van der Waals surface area (Å²) in [5.41, 5.74) is 2.06. The van der Waals surface area contributed by atoms with Crippen molar-refractivity contribution in [1.82, 2.24) is 9.55 Å². The lowest BCUT2D eigenvalue weighted by Gasteiger charge is -2.20. The Morgan fingerprint density at radius 2 is 1.91 bits per heavy atom. The molecule has 4 heteroatoms. The number of hydrogen-bond donors (Lipinski definition) is 0. The van der Waals surface area contributed by atoms with Crippen LogP contribution < -0.4 is 0 Å². The first-order valence-corrected chi connectivity index (χ1v) is 7.20. The third-order valence-electron chi connectivity index (χ3n) is 3.23. The molecule has 0 fully saturated rings. The van der Waals surface area contributed by atoms with Gasteiger partial charge < -0.3 is 4.74 Å². The van der Waals surface area contributed by atoms with E-state index in [9.17, 15) is 4.79 Å². The van der Waals surface area contributed by atoms with Crippen molar-refractivity contribution in [2.45, 2.75) is 26.4 Å². The lowest BCUT2D eigenvalue weighted by Crippen LogP contribution is -2.27. The second-order valence-corrected chi connectivity index (χ2v) is 6.16. The number of ether oxygens (including phenoxy) is 1. The minimum atomic E-state index is -0.528. The predicted octanol–water partition coefficient (Wildman–Crippen LogP) is 4.49. The molecule has 1 aromatic carbocycles. The van der Waals surface area contributed by atoms with Gasteiger partial charge in [-0.15, -0.1) is 0 Å². The number of pyridine rings is 1. The maximum atomic E-state index is 12.3. The first-order chi connectivity index (χ1) is 10.4. The van der Waals surface area contributed by atoms with E-state index in [0.717, 1.165) is 22.2 Å². The molecule has 0 aliphatic heterocycles. The Labute approximate surface area is 129 Å². The van der Waals surface area contributed by atoms with Crippen LogP contribution >= 0.6 is 0 Å². The number of para-hydroxylation sites is 1. The zero-order chi connectivity index (χ0) is 15.7. The topological polar surface area (TPSA) is 44.1 Å². The van der Waals surface area contributed by atoms with E-state index in [0.29, 0.717) is 0 Å². The van der Waals surface area contributed by atoms with Crippen LogP contribution in [-0.4, -0.2) is 21.2 Å². The Bertz CT molecular complexity index is 828. The molecule has 0 aliphatic carbocycles. The summed E-state index contributed by atoms with van der Waals surface area (Å²) in [6, 6.07) is 13.6. The zero-order valence-corrected chi connectivity index (χ0v) is 12.9. The predicted molar refractivity (Wildman–Crippen MR) is 86.8 cm³/mol. The first kappa shape index (κ1) is 14.3. The van der Waals surface area contributed by atoms with Crippen LogP contribution in [0.2, 0.25) is 0 Å². The van der Waals surface area contributed by atoms with Crippen molar-refractivity contribution in [3.8, 4) is 11.3 Å². The Morgan fingerprint density at radius 3 is 2.68 bits per heavy atom. The fourth-order valence-electron chi connectivity index (χ4n) is 2.30. The SMILES string of the molecule is CC(C)(C)OC(=O)n1cccc1-c1cnc2ccccc2c1. The van der Waals surface area contributed by atoms with Gasteiger partial charge >= 0.3 is 6.09 Å². The molecule has 0 atom stereocenters. The average molecular weight is 294 g/mol. The Balaban J connectivity index is 2.01. The van der Waals surface area contributed by atoms with Crippen LogP contribution in [0, 0.1) is 0 Å². The van der Waals surface area contributed by atoms with E-state index in [1.807, 2.05) is 63.2 Å². The van der Waals surface area contributed by atoms with Crippen molar-refractivity contribution in [1.29, 1.82) is 0 Å². The van der Waals surface area contributed by atoms with E-state index in [-0.39, 0.29) is 6.09 Å². The van der Waals surface area contributed by atoms with Gasteiger partial charge in [0.05, 0.1) is 11.2 Å². The normalized spacial score (nSPS) is 11.6. The van der Waals surface area contributed by atoms with E-state index in [1.54, 1.807) is 12.4 Å². The van der Waals surface area contributed by atoms with E-state index >= 15 is 0 Å². The van der Waals surface area contributed by atoms with Crippen molar-refractivity contribution in [3.63, 3.8) is 0 Å². The summed E-state index contributed by atoms with van der Waals surface area (Å²) in [6.45, 7) is 5.56. The summed E-state index contributed by atoms with van der Waals surface area (Å²) in [6.07, 6.45) is 3.09. The van der Waals surface area contributed by atoms with Crippen molar-refractivity contribution in [2.24, 2.45) is 0 Å². The molecule has 0 N–H and O–H groups in total. The number of aromatic nitrogens is 2. The molecule has 0 saturated heterocycles. The average Bonchev–Trinajstić information content (AvgIpc) is 2.94. The molecule has 3 aromatic rings. The van der Waals surface area contributed by atoms with Crippen LogP contribution in [0.5, 0.6) is 0 Å². The lowest BCUT2D eigenvalue weighted by molar-refractivity contribution is 0.0540. The first-order valence-electron chi connectivity index (χ1n) is 7.20. The number of carbonyl (C=O) groups excluding carboxylic acids is 1. The van der Waals surface area contributed by atoms with Crippen LogP contribution in [0.4, 0.5) is 4.79 Å². The molecule has 0 radical (unpaired) electrons. The number of carbonyl (C=O) groups is 1. The van der Waals surface area contributed by atoms with Crippen molar-refractivity contribution in [3.05, 3.63) is 54.9 Å². The molecular formula is C18H18N2O2. The molecular weight excluding hydrogens is 276 g/mol. The van der Waals surface area contributed by atoms with Gasteiger partial charge in [0.1, 0.15) is 5.60 Å². The summed E-state index contributed by atoms with van der Waals surface area (Å²) < 4.78 is 6.95. The van der Waals surface area contributed by atoms with Gasteiger partial charge in [-0.25, -0.2) is 4.79 Å². The van der Waals surface area contributed by atoms with Gasteiger partial charge in [0.15, 0.2) is 0 Å². The maximum Gasteiger partial charge on any atom is 0.418 e. The second kappa shape index (κ2) is 5.30. The van der Waals surface area contributed by atoms with Crippen molar-refractivity contribution >= 4 is 17.0 Å². The fourth-order valence-corrected chi connectivity index (χ4v) is 2.30. The zero-order valence-electron chi connectivity index (χ0n) is 12.9. The molecule has 2 heterocycles. The third kappa shape index (κ3) is 2.86. The smallest absolute Gasteiger partial charge is 0.418 e. The fraction of sp³-hybridized carbons (Fsp3) is 0.222. The van der Waals surface area contributed by atoms with Gasteiger partial charge in [0.2, 0.25) is 0 Å². The van der Waals surface area contributed by atoms with E-state index in [2.05, 4.69) is 4.98 Å². The lowest BCUT2D eigenvalue weighted by atomic mass is 10.1. The molecule has 3 rings (SSSR count). The van der Waals surface area contributed by atoms with Gasteiger partial charge in [-0.2, -0.15) is 0 Å². The van der Waals surface area contributed by atoms with Crippen molar-refractivity contribution < 1.29 is 9.53 Å². The molecule has 0 amide bonds. The summed E-state index contributed by atoms with van der Waals surface area (Å²) in [4.78, 5) is 16.7. The molecule has 0 saturated carbocycles. The molecule has 0 bridgehead atoms.